The van der Waals surface area contributed by atoms with E-state index in [1.807, 2.05) is 12.1 Å². The van der Waals surface area contributed by atoms with Gasteiger partial charge < -0.3 is 0 Å². The minimum absolute atomic E-state index is 0.764. The van der Waals surface area contributed by atoms with Gasteiger partial charge in [-0.25, -0.2) is 0 Å². The summed E-state index contributed by atoms with van der Waals surface area (Å²) in [6, 6.07) is 10.3. The highest BCUT2D eigenvalue weighted by Crippen LogP contribution is 2.41. The van der Waals surface area contributed by atoms with Gasteiger partial charge in [-0.05, 0) is 80.4 Å². The van der Waals surface area contributed by atoms with Crippen LogP contribution in [0.2, 0.25) is 0 Å². The summed E-state index contributed by atoms with van der Waals surface area (Å²) in [6.45, 7) is 2.30. The molecule has 1 saturated carbocycles. The van der Waals surface area contributed by atoms with Crippen LogP contribution < -0.4 is 0 Å². The number of allylic oxidation sites excluding steroid dienone is 2. The van der Waals surface area contributed by atoms with E-state index in [-0.39, 0.29) is 0 Å². The smallest absolute Gasteiger partial charge is 0.0991 e. The summed E-state index contributed by atoms with van der Waals surface area (Å²) in [4.78, 5) is 0. The first-order valence-corrected chi connectivity index (χ1v) is 13.0. The van der Waals surface area contributed by atoms with Gasteiger partial charge in [0.1, 0.15) is 0 Å². The first-order chi connectivity index (χ1) is 14.8. The summed E-state index contributed by atoms with van der Waals surface area (Å²) >= 11 is 0. The molecule has 1 nitrogen and oxygen atoms in total. The van der Waals surface area contributed by atoms with Crippen molar-refractivity contribution in [1.29, 1.82) is 5.26 Å². The predicted molar refractivity (Wildman–Crippen MR) is 128 cm³/mol. The molecule has 2 aliphatic rings. The minimum atomic E-state index is 0.764. The summed E-state index contributed by atoms with van der Waals surface area (Å²) in [6.07, 6.45) is 25.1. The van der Waals surface area contributed by atoms with Crippen molar-refractivity contribution < 1.29 is 0 Å². The van der Waals surface area contributed by atoms with E-state index >= 15 is 0 Å². The quantitative estimate of drug-likeness (QED) is 0.266. The second-order valence-electron chi connectivity index (χ2n) is 10.0. The number of unbranched alkanes of at least 4 members (excludes halogenated alkanes) is 5. The van der Waals surface area contributed by atoms with Crippen LogP contribution in [0.4, 0.5) is 0 Å². The predicted octanol–water partition coefficient (Wildman–Crippen LogP) is 8.77. The molecule has 1 unspecified atom stereocenters. The Morgan fingerprint density at radius 3 is 2.23 bits per heavy atom. The number of rotatable bonds is 11. The molecule has 1 atom stereocenters. The van der Waals surface area contributed by atoms with Crippen molar-refractivity contribution >= 4 is 0 Å². The van der Waals surface area contributed by atoms with Crippen LogP contribution in [0, 0.1) is 29.1 Å². The third-order valence-electron chi connectivity index (χ3n) is 7.89. The number of nitriles is 1. The largest absolute Gasteiger partial charge is 0.192 e. The average molecular weight is 406 g/mol. The molecule has 1 heteroatoms. The fraction of sp³-hybridized carbons (Fsp3) is 0.690. The molecular formula is C29H43N. The van der Waals surface area contributed by atoms with E-state index in [1.54, 1.807) is 5.57 Å². The van der Waals surface area contributed by atoms with E-state index < -0.39 is 0 Å². The summed E-state index contributed by atoms with van der Waals surface area (Å²) in [5.41, 5.74) is 3.80. The van der Waals surface area contributed by atoms with Crippen LogP contribution in [0.1, 0.15) is 114 Å². The van der Waals surface area contributed by atoms with Crippen LogP contribution in [0.15, 0.2) is 35.9 Å². The van der Waals surface area contributed by atoms with E-state index in [9.17, 15) is 0 Å². The maximum Gasteiger partial charge on any atom is 0.0991 e. The van der Waals surface area contributed by atoms with Crippen molar-refractivity contribution in [2.45, 2.75) is 110 Å². The Labute approximate surface area is 186 Å². The lowest BCUT2D eigenvalue weighted by Crippen LogP contribution is -2.23. The molecule has 2 aliphatic carbocycles. The molecule has 30 heavy (non-hydrogen) atoms. The number of hydrogen-bond donors (Lipinski definition) is 0. The second-order valence-corrected chi connectivity index (χ2v) is 10.0. The fourth-order valence-electron chi connectivity index (χ4n) is 5.78. The lowest BCUT2D eigenvalue weighted by atomic mass is 9.70. The standard InChI is InChI=1S/C29H43N/c1-2-3-4-5-6-7-8-24-15-19-28(20-16-24)29-21-17-26(18-22-29)10-9-25-11-13-27(23-30)14-12-25/h11-14,17,24,28-29H,2-10,15-16,18-22H2,1H3/t24-,28-,29?. The van der Waals surface area contributed by atoms with E-state index in [0.29, 0.717) is 0 Å². The van der Waals surface area contributed by atoms with Gasteiger partial charge in [-0.3, -0.25) is 0 Å². The van der Waals surface area contributed by atoms with Crippen molar-refractivity contribution in [1.82, 2.24) is 0 Å². The molecule has 1 aromatic rings. The summed E-state index contributed by atoms with van der Waals surface area (Å²) in [7, 11) is 0. The molecule has 0 N–H and O–H groups in total. The third-order valence-corrected chi connectivity index (χ3v) is 7.89. The van der Waals surface area contributed by atoms with Gasteiger partial charge in [0.2, 0.25) is 0 Å². The first kappa shape index (κ1) is 23.1. The van der Waals surface area contributed by atoms with Crippen LogP contribution in [0.25, 0.3) is 0 Å². The molecule has 1 fully saturated rings. The molecule has 0 amide bonds. The zero-order chi connectivity index (χ0) is 21.0. The fourth-order valence-corrected chi connectivity index (χ4v) is 5.78. The van der Waals surface area contributed by atoms with E-state index in [2.05, 4.69) is 31.2 Å². The molecule has 0 radical (unpaired) electrons. The second kappa shape index (κ2) is 13.0. The average Bonchev–Trinajstić information content (AvgIpc) is 2.81. The van der Waals surface area contributed by atoms with Gasteiger partial charge in [-0.2, -0.15) is 5.26 Å². The van der Waals surface area contributed by atoms with Crippen LogP contribution >= 0.6 is 0 Å². The highest BCUT2D eigenvalue weighted by molar-refractivity contribution is 5.32. The monoisotopic (exact) mass is 405 g/mol. The van der Waals surface area contributed by atoms with E-state index in [0.717, 1.165) is 29.7 Å². The van der Waals surface area contributed by atoms with Crippen molar-refractivity contribution in [2.75, 3.05) is 0 Å². The third kappa shape index (κ3) is 7.61. The normalized spacial score (nSPS) is 24.3. The molecular weight excluding hydrogens is 362 g/mol. The maximum absolute atomic E-state index is 8.92. The molecule has 0 aliphatic heterocycles. The van der Waals surface area contributed by atoms with Gasteiger partial charge in [-0.1, -0.05) is 88.5 Å². The molecule has 0 aromatic heterocycles. The van der Waals surface area contributed by atoms with Crippen LogP contribution in [0.5, 0.6) is 0 Å². The number of nitrogens with zero attached hydrogens (tertiary/aromatic N) is 1. The van der Waals surface area contributed by atoms with Crippen LogP contribution in [0.3, 0.4) is 0 Å². The highest BCUT2D eigenvalue weighted by atomic mass is 14.3. The summed E-state index contributed by atoms with van der Waals surface area (Å²) < 4.78 is 0. The number of hydrogen-bond acceptors (Lipinski definition) is 1. The Hall–Kier alpha value is -1.55. The van der Waals surface area contributed by atoms with Crippen LogP contribution in [-0.2, 0) is 6.42 Å². The molecule has 0 saturated heterocycles. The van der Waals surface area contributed by atoms with Crippen LogP contribution in [-0.4, -0.2) is 0 Å². The Balaban J connectivity index is 1.30. The van der Waals surface area contributed by atoms with E-state index in [4.69, 9.17) is 5.26 Å². The SMILES string of the molecule is CCCCCCCC[C@H]1CC[C@H](C2CC=C(CCc3ccc(C#N)cc3)CC2)CC1. The molecule has 1 aromatic carbocycles. The van der Waals surface area contributed by atoms with Gasteiger partial charge in [-0.15, -0.1) is 0 Å². The first-order valence-electron chi connectivity index (χ1n) is 13.0. The van der Waals surface area contributed by atoms with E-state index in [1.165, 1.54) is 102 Å². The van der Waals surface area contributed by atoms with Gasteiger partial charge in [0.15, 0.2) is 0 Å². The molecule has 0 heterocycles. The Morgan fingerprint density at radius 1 is 0.833 bits per heavy atom. The number of aryl methyl sites for hydroxylation is 1. The molecule has 0 bridgehead atoms. The molecule has 164 valence electrons. The maximum atomic E-state index is 8.92. The van der Waals surface area contributed by atoms with Crippen molar-refractivity contribution in [3.8, 4) is 6.07 Å². The zero-order valence-electron chi connectivity index (χ0n) is 19.4. The summed E-state index contributed by atoms with van der Waals surface area (Å²) in [5, 5.41) is 8.92. The van der Waals surface area contributed by atoms with Crippen molar-refractivity contribution in [2.24, 2.45) is 17.8 Å². The molecule has 3 rings (SSSR count). The van der Waals surface area contributed by atoms with Gasteiger partial charge in [0.25, 0.3) is 0 Å². The lowest BCUT2D eigenvalue weighted by molar-refractivity contribution is 0.185. The zero-order valence-corrected chi connectivity index (χ0v) is 19.4. The Bertz CT molecular complexity index is 669. The highest BCUT2D eigenvalue weighted by Gasteiger charge is 2.28. The van der Waals surface area contributed by atoms with Gasteiger partial charge in [0.05, 0.1) is 11.6 Å². The Morgan fingerprint density at radius 2 is 1.57 bits per heavy atom. The number of benzene rings is 1. The van der Waals surface area contributed by atoms with Crippen molar-refractivity contribution in [3.05, 3.63) is 47.0 Å². The van der Waals surface area contributed by atoms with Gasteiger partial charge >= 0.3 is 0 Å². The molecule has 0 spiro atoms. The summed E-state index contributed by atoms with van der Waals surface area (Å²) in [5.74, 6) is 3.00. The topological polar surface area (TPSA) is 23.8 Å². The van der Waals surface area contributed by atoms with Crippen molar-refractivity contribution in [3.63, 3.8) is 0 Å². The minimum Gasteiger partial charge on any atom is -0.192 e. The Kier molecular flexibility index (Phi) is 10.0. The van der Waals surface area contributed by atoms with Gasteiger partial charge in [0, 0.05) is 0 Å². The lowest BCUT2D eigenvalue weighted by Gasteiger charge is -2.35.